The van der Waals surface area contributed by atoms with Crippen molar-refractivity contribution in [2.45, 2.75) is 96.8 Å². The van der Waals surface area contributed by atoms with Crippen molar-refractivity contribution in [3.05, 3.63) is 27.2 Å². The van der Waals surface area contributed by atoms with E-state index in [0.29, 0.717) is 25.2 Å². The maximum atomic E-state index is 13.5. The van der Waals surface area contributed by atoms with Gasteiger partial charge in [0.15, 0.2) is 29.3 Å². The molecular weight excluding hydrogens is 430 g/mol. The van der Waals surface area contributed by atoms with Gasteiger partial charge in [-0.25, -0.2) is 9.78 Å². The Morgan fingerprint density at radius 1 is 1.09 bits per heavy atom. The lowest BCUT2D eigenvalue weighted by atomic mass is 10.1. The van der Waals surface area contributed by atoms with Crippen LogP contribution in [0, 0.1) is 0 Å². The van der Waals surface area contributed by atoms with E-state index in [1.807, 2.05) is 13.8 Å². The van der Waals surface area contributed by atoms with Gasteiger partial charge in [0.1, 0.15) is 12.2 Å². The second-order valence-electron chi connectivity index (χ2n) is 9.05. The third-order valence-corrected chi connectivity index (χ3v) is 6.22. The fourth-order valence-corrected chi connectivity index (χ4v) is 4.58. The molecular formula is C22H33N5O6. The Morgan fingerprint density at radius 3 is 2.36 bits per heavy atom. The fraction of sp³-hybridized carbons (Fsp3) is 0.727. The summed E-state index contributed by atoms with van der Waals surface area (Å²) in [6.07, 6.45) is 1.73. The quantitative estimate of drug-likeness (QED) is 0.623. The largest absolute Gasteiger partial charge is 0.357 e. The minimum atomic E-state index is -0.912. The van der Waals surface area contributed by atoms with E-state index in [2.05, 4.69) is 10.3 Å². The molecule has 0 unspecified atom stereocenters. The third-order valence-electron chi connectivity index (χ3n) is 6.22. The van der Waals surface area contributed by atoms with Gasteiger partial charge in [-0.05, 0) is 26.7 Å². The van der Waals surface area contributed by atoms with Crippen molar-refractivity contribution in [3.63, 3.8) is 0 Å². The maximum Gasteiger partial charge on any atom is 0.332 e. The molecule has 11 heteroatoms. The van der Waals surface area contributed by atoms with Crippen LogP contribution >= 0.6 is 0 Å². The highest BCUT2D eigenvalue weighted by atomic mass is 16.8. The van der Waals surface area contributed by atoms with Crippen LogP contribution in [0.5, 0.6) is 0 Å². The molecule has 4 heterocycles. The van der Waals surface area contributed by atoms with E-state index in [-0.39, 0.29) is 17.1 Å². The molecule has 2 aromatic rings. The zero-order valence-corrected chi connectivity index (χ0v) is 19.9. The molecule has 33 heavy (non-hydrogen) atoms. The van der Waals surface area contributed by atoms with Crippen LogP contribution in [0.4, 0.5) is 0 Å². The number of carbonyl (C=O) groups excluding carboxylic acids is 1. The molecule has 2 aliphatic rings. The highest BCUT2D eigenvalue weighted by Crippen LogP contribution is 2.43. The first-order chi connectivity index (χ1) is 15.7. The molecule has 0 saturated carbocycles. The monoisotopic (exact) mass is 463 g/mol. The average Bonchev–Trinajstić information content (AvgIpc) is 3.43. The van der Waals surface area contributed by atoms with Gasteiger partial charge in [0.25, 0.3) is 11.5 Å². The Balaban J connectivity index is 1.86. The van der Waals surface area contributed by atoms with E-state index >= 15 is 0 Å². The number of fused-ring (bicyclic) bond motifs is 2. The molecule has 4 atom stereocenters. The number of imidazole rings is 1. The highest BCUT2D eigenvalue weighted by molar-refractivity contribution is 5.81. The predicted octanol–water partition coefficient (Wildman–Crippen LogP) is 1.12. The molecule has 2 aromatic heterocycles. The number of nitrogens with zero attached hydrogens (tertiary/aromatic N) is 4. The van der Waals surface area contributed by atoms with Gasteiger partial charge in [-0.3, -0.25) is 23.3 Å². The normalized spacial score (nSPS) is 26.1. The zero-order chi connectivity index (χ0) is 23.9. The van der Waals surface area contributed by atoms with Crippen molar-refractivity contribution in [2.24, 2.45) is 0 Å². The molecule has 2 fully saturated rings. The van der Waals surface area contributed by atoms with Crippen LogP contribution in [-0.4, -0.2) is 55.7 Å². The average molecular weight is 464 g/mol. The summed E-state index contributed by atoms with van der Waals surface area (Å²) >= 11 is 0. The van der Waals surface area contributed by atoms with E-state index in [4.69, 9.17) is 14.2 Å². The minimum Gasteiger partial charge on any atom is -0.357 e. The molecule has 11 nitrogen and oxygen atoms in total. The van der Waals surface area contributed by atoms with Crippen molar-refractivity contribution >= 4 is 17.1 Å². The van der Waals surface area contributed by atoms with Crippen molar-refractivity contribution in [3.8, 4) is 0 Å². The number of hydrogen-bond donors (Lipinski definition) is 1. The lowest BCUT2D eigenvalue weighted by Crippen LogP contribution is -2.41. The standard InChI is InChI=1S/C22H33N5O6/c1-6-8-10-25-17-13(19(29)26(21(25)30)11-9-7-2)27(12-24-17)20-16-14(32-22(3,4)33-16)15(31-20)18(28)23-5/h12,14-16,20H,6-11H2,1-5H3,(H,23,28)/t14-,15+,16-,20-/m1/s1. The molecule has 0 radical (unpaired) electrons. The van der Waals surface area contributed by atoms with Gasteiger partial charge in [0.05, 0.1) is 6.33 Å². The number of nitrogens with one attached hydrogen (secondary N) is 1. The number of rotatable bonds is 8. The summed E-state index contributed by atoms with van der Waals surface area (Å²) in [5, 5.41) is 2.60. The summed E-state index contributed by atoms with van der Waals surface area (Å²) in [4.78, 5) is 43.6. The van der Waals surface area contributed by atoms with Crippen LogP contribution in [0.2, 0.25) is 0 Å². The lowest BCUT2D eigenvalue weighted by Gasteiger charge is -2.24. The summed E-state index contributed by atoms with van der Waals surface area (Å²) in [7, 11) is 1.53. The molecule has 0 aromatic carbocycles. The fourth-order valence-electron chi connectivity index (χ4n) is 4.58. The smallest absolute Gasteiger partial charge is 0.332 e. The molecule has 1 N–H and O–H groups in total. The molecule has 4 rings (SSSR count). The Labute approximate surface area is 191 Å². The molecule has 0 bridgehead atoms. The first kappa shape index (κ1) is 23.7. The number of aryl methyl sites for hydroxylation is 1. The lowest BCUT2D eigenvalue weighted by molar-refractivity contribution is -0.197. The molecule has 2 saturated heterocycles. The van der Waals surface area contributed by atoms with Crippen molar-refractivity contribution < 1.29 is 19.0 Å². The molecule has 2 aliphatic heterocycles. The van der Waals surface area contributed by atoms with Crippen LogP contribution in [0.15, 0.2) is 15.9 Å². The Hall–Kier alpha value is -2.50. The summed E-state index contributed by atoms with van der Waals surface area (Å²) in [6, 6.07) is 0. The SMILES string of the molecule is CCCCn1c(=O)c2c(ncn2[C@@H]2O[C@H](C(=O)NC)[C@H]3OC(C)(C)O[C@H]32)n(CCCC)c1=O. The van der Waals surface area contributed by atoms with E-state index in [1.54, 1.807) is 23.0 Å². The van der Waals surface area contributed by atoms with E-state index < -0.39 is 35.9 Å². The van der Waals surface area contributed by atoms with Gasteiger partial charge >= 0.3 is 5.69 Å². The van der Waals surface area contributed by atoms with E-state index in [0.717, 1.165) is 19.3 Å². The topological polar surface area (TPSA) is 119 Å². The second kappa shape index (κ2) is 9.03. The van der Waals surface area contributed by atoms with Gasteiger partial charge < -0.3 is 19.5 Å². The minimum absolute atomic E-state index is 0.261. The summed E-state index contributed by atoms with van der Waals surface area (Å²) in [6.45, 7) is 8.38. The Bertz CT molecular complexity index is 1150. The Morgan fingerprint density at radius 2 is 1.73 bits per heavy atom. The summed E-state index contributed by atoms with van der Waals surface area (Å²) in [5.41, 5.74) is -0.200. The molecule has 0 spiro atoms. The van der Waals surface area contributed by atoms with Gasteiger partial charge in [-0.1, -0.05) is 26.7 Å². The van der Waals surface area contributed by atoms with Crippen LogP contribution in [-0.2, 0) is 32.1 Å². The van der Waals surface area contributed by atoms with Gasteiger partial charge in [0, 0.05) is 20.1 Å². The number of amides is 1. The molecule has 182 valence electrons. The Kier molecular flexibility index (Phi) is 6.47. The van der Waals surface area contributed by atoms with Crippen LogP contribution in [0.25, 0.3) is 11.2 Å². The van der Waals surface area contributed by atoms with Gasteiger partial charge in [-0.15, -0.1) is 0 Å². The van der Waals surface area contributed by atoms with Crippen molar-refractivity contribution in [2.75, 3.05) is 7.05 Å². The first-order valence-electron chi connectivity index (χ1n) is 11.7. The number of aromatic nitrogens is 4. The first-order valence-corrected chi connectivity index (χ1v) is 11.7. The molecule has 1 amide bonds. The number of likely N-dealkylation sites (N-methyl/N-ethyl adjacent to an activating group) is 1. The zero-order valence-electron chi connectivity index (χ0n) is 19.9. The third kappa shape index (κ3) is 4.02. The van der Waals surface area contributed by atoms with E-state index in [9.17, 15) is 14.4 Å². The van der Waals surface area contributed by atoms with Gasteiger partial charge in [-0.2, -0.15) is 0 Å². The van der Waals surface area contributed by atoms with Gasteiger partial charge in [0.2, 0.25) is 0 Å². The van der Waals surface area contributed by atoms with Crippen LogP contribution < -0.4 is 16.6 Å². The second-order valence-corrected chi connectivity index (χ2v) is 9.05. The van der Waals surface area contributed by atoms with Crippen molar-refractivity contribution in [1.29, 1.82) is 0 Å². The highest BCUT2D eigenvalue weighted by Gasteiger charge is 2.58. The summed E-state index contributed by atoms with van der Waals surface area (Å²) in [5.74, 6) is -1.25. The number of unbranched alkanes of at least 4 members (excludes halogenated alkanes) is 2. The van der Waals surface area contributed by atoms with Crippen LogP contribution in [0.3, 0.4) is 0 Å². The number of hydrogen-bond acceptors (Lipinski definition) is 7. The van der Waals surface area contributed by atoms with Crippen molar-refractivity contribution in [1.82, 2.24) is 24.0 Å². The predicted molar refractivity (Wildman–Crippen MR) is 120 cm³/mol. The van der Waals surface area contributed by atoms with E-state index in [1.165, 1.54) is 17.9 Å². The van der Waals surface area contributed by atoms with Crippen LogP contribution in [0.1, 0.15) is 59.6 Å². The number of ether oxygens (including phenoxy) is 3. The summed E-state index contributed by atoms with van der Waals surface area (Å²) < 4.78 is 22.6. The number of carbonyl (C=O) groups is 1. The maximum absolute atomic E-state index is 13.5. The molecule has 0 aliphatic carbocycles.